The summed E-state index contributed by atoms with van der Waals surface area (Å²) in [5, 5.41) is 0.663. The predicted molar refractivity (Wildman–Crippen MR) is 86.1 cm³/mol. The van der Waals surface area contributed by atoms with E-state index in [1.807, 2.05) is 6.07 Å². The Morgan fingerprint density at radius 2 is 1.81 bits per heavy atom. The maximum atomic E-state index is 6.07. The highest BCUT2D eigenvalue weighted by molar-refractivity contribution is 7.71. The number of rotatable bonds is 1. The fourth-order valence-corrected chi connectivity index (χ4v) is 6.30. The maximum absolute atomic E-state index is 6.07. The molecular weight excluding hydrogens is 302 g/mol. The van der Waals surface area contributed by atoms with Crippen molar-refractivity contribution in [2.24, 2.45) is 17.8 Å². The van der Waals surface area contributed by atoms with Crippen LogP contribution in [0.3, 0.4) is 0 Å². The van der Waals surface area contributed by atoms with E-state index in [0.717, 1.165) is 33.7 Å². The predicted octanol–water partition coefficient (Wildman–Crippen LogP) is 4.67. The summed E-state index contributed by atoms with van der Waals surface area (Å²) in [6.45, 7) is 0. The van der Waals surface area contributed by atoms with Gasteiger partial charge in [-0.2, -0.15) is 0 Å². The summed E-state index contributed by atoms with van der Waals surface area (Å²) < 4.78 is 3.17. The van der Waals surface area contributed by atoms with Crippen molar-refractivity contribution in [1.82, 2.24) is 14.5 Å². The van der Waals surface area contributed by atoms with Crippen LogP contribution in [0.5, 0.6) is 0 Å². The minimum atomic E-state index is 0.213. The number of aromatic amines is 1. The highest BCUT2D eigenvalue weighted by Crippen LogP contribution is 2.59. The first-order valence-electron chi connectivity index (χ1n) is 7.90. The SMILES string of the molecule is S=c1[nH]c2cc(Cl)cnc2n1C12CC3CC(CC(C3)C1)C2. The van der Waals surface area contributed by atoms with Gasteiger partial charge < -0.3 is 4.98 Å². The molecule has 2 aromatic rings. The second-order valence-corrected chi connectivity index (χ2v) is 8.26. The molecule has 0 aliphatic heterocycles. The fourth-order valence-electron chi connectivity index (χ4n) is 5.75. The first kappa shape index (κ1) is 12.7. The molecule has 4 aliphatic rings. The van der Waals surface area contributed by atoms with Crippen LogP contribution in [0.25, 0.3) is 11.2 Å². The molecule has 0 radical (unpaired) electrons. The second kappa shape index (κ2) is 4.11. The lowest BCUT2D eigenvalue weighted by Gasteiger charge is -2.57. The van der Waals surface area contributed by atoms with Gasteiger partial charge in [0, 0.05) is 11.7 Å². The Morgan fingerprint density at radius 3 is 2.43 bits per heavy atom. The van der Waals surface area contributed by atoms with Crippen LogP contribution >= 0.6 is 23.8 Å². The van der Waals surface area contributed by atoms with Crippen molar-refractivity contribution in [2.45, 2.75) is 44.1 Å². The van der Waals surface area contributed by atoms with Crippen molar-refractivity contribution in [3.63, 3.8) is 0 Å². The van der Waals surface area contributed by atoms with E-state index in [1.165, 1.54) is 38.5 Å². The number of hydrogen-bond acceptors (Lipinski definition) is 2. The smallest absolute Gasteiger partial charge is 0.179 e. The molecule has 0 atom stereocenters. The molecule has 21 heavy (non-hydrogen) atoms. The molecule has 4 aliphatic carbocycles. The van der Waals surface area contributed by atoms with E-state index >= 15 is 0 Å². The summed E-state index contributed by atoms with van der Waals surface area (Å²) in [6, 6.07) is 1.94. The van der Waals surface area contributed by atoms with Gasteiger partial charge in [0.05, 0.1) is 10.5 Å². The summed E-state index contributed by atoms with van der Waals surface area (Å²) in [4.78, 5) is 7.92. The Balaban J connectivity index is 1.74. The average Bonchev–Trinajstić information content (AvgIpc) is 2.72. The molecule has 2 heterocycles. The normalized spacial score (nSPS) is 37.5. The van der Waals surface area contributed by atoms with Gasteiger partial charge in [0.2, 0.25) is 0 Å². The fraction of sp³-hybridized carbons (Fsp3) is 0.625. The molecule has 0 unspecified atom stereocenters. The number of H-pyrrole nitrogens is 1. The van der Waals surface area contributed by atoms with Crippen LogP contribution in [0.1, 0.15) is 38.5 Å². The van der Waals surface area contributed by atoms with Crippen LogP contribution in [0.2, 0.25) is 5.02 Å². The Labute approximate surface area is 133 Å². The van der Waals surface area contributed by atoms with Crippen LogP contribution in [-0.2, 0) is 5.54 Å². The van der Waals surface area contributed by atoms with Crippen molar-refractivity contribution < 1.29 is 0 Å². The topological polar surface area (TPSA) is 33.6 Å². The first-order chi connectivity index (χ1) is 10.1. The Kier molecular flexibility index (Phi) is 2.47. The average molecular weight is 320 g/mol. The van der Waals surface area contributed by atoms with Gasteiger partial charge in [-0.15, -0.1) is 0 Å². The molecule has 0 amide bonds. The van der Waals surface area contributed by atoms with Crippen molar-refractivity contribution in [3.8, 4) is 0 Å². The van der Waals surface area contributed by atoms with Crippen LogP contribution < -0.4 is 0 Å². The van der Waals surface area contributed by atoms with E-state index in [2.05, 4.69) is 14.5 Å². The van der Waals surface area contributed by atoms with Crippen LogP contribution in [-0.4, -0.2) is 14.5 Å². The molecule has 110 valence electrons. The zero-order valence-electron chi connectivity index (χ0n) is 11.8. The molecule has 0 saturated heterocycles. The molecule has 2 aromatic heterocycles. The summed E-state index contributed by atoms with van der Waals surface area (Å²) in [5.74, 6) is 2.70. The summed E-state index contributed by atoms with van der Waals surface area (Å²) in [7, 11) is 0. The van der Waals surface area contributed by atoms with Crippen molar-refractivity contribution in [2.75, 3.05) is 0 Å². The Bertz CT molecular complexity index is 755. The van der Waals surface area contributed by atoms with Crippen LogP contribution in [0.4, 0.5) is 0 Å². The van der Waals surface area contributed by atoms with Gasteiger partial charge in [0.15, 0.2) is 10.4 Å². The third-order valence-corrected chi connectivity index (χ3v) is 6.46. The lowest BCUT2D eigenvalue weighted by atomic mass is 9.53. The third-order valence-electron chi connectivity index (χ3n) is 5.97. The van der Waals surface area contributed by atoms with Crippen LogP contribution in [0.15, 0.2) is 12.3 Å². The number of pyridine rings is 1. The van der Waals surface area contributed by atoms with Gasteiger partial charge in [0.1, 0.15) is 0 Å². The third kappa shape index (κ3) is 1.72. The molecule has 4 bridgehead atoms. The first-order valence-corrected chi connectivity index (χ1v) is 8.68. The summed E-state index contributed by atoms with van der Waals surface area (Å²) in [6.07, 6.45) is 9.90. The minimum Gasteiger partial charge on any atom is -0.329 e. The molecule has 6 rings (SSSR count). The van der Waals surface area contributed by atoms with E-state index < -0.39 is 0 Å². The largest absolute Gasteiger partial charge is 0.329 e. The second-order valence-electron chi connectivity index (χ2n) is 7.43. The standard InChI is InChI=1S/C16H18ClN3S/c17-12-4-13-14(18-8-12)20(15(21)19-13)16-5-9-1-10(6-16)3-11(2-9)7-16/h4,8-11H,1-3,5-7H2,(H,19,21). The van der Waals surface area contributed by atoms with Crippen molar-refractivity contribution in [3.05, 3.63) is 22.1 Å². The van der Waals surface area contributed by atoms with Gasteiger partial charge in [-0.1, -0.05) is 11.6 Å². The quantitative estimate of drug-likeness (QED) is 0.775. The van der Waals surface area contributed by atoms with E-state index in [-0.39, 0.29) is 5.54 Å². The number of imidazole rings is 1. The highest BCUT2D eigenvalue weighted by Gasteiger charge is 2.52. The van der Waals surface area contributed by atoms with E-state index in [1.54, 1.807) is 6.20 Å². The molecule has 5 heteroatoms. The number of nitrogens with one attached hydrogen (secondary N) is 1. The number of nitrogens with zero attached hydrogens (tertiary/aromatic N) is 2. The molecule has 4 fully saturated rings. The van der Waals surface area contributed by atoms with E-state index in [9.17, 15) is 0 Å². The van der Waals surface area contributed by atoms with Gasteiger partial charge >= 0.3 is 0 Å². The lowest BCUT2D eigenvalue weighted by molar-refractivity contribution is -0.0419. The van der Waals surface area contributed by atoms with E-state index in [0.29, 0.717) is 5.02 Å². The van der Waals surface area contributed by atoms with Gasteiger partial charge in [-0.05, 0) is 74.6 Å². The van der Waals surface area contributed by atoms with Gasteiger partial charge in [-0.3, -0.25) is 4.57 Å². The van der Waals surface area contributed by atoms with Crippen LogP contribution in [0, 0.1) is 22.5 Å². The monoisotopic (exact) mass is 319 g/mol. The summed E-state index contributed by atoms with van der Waals surface area (Å²) in [5.41, 5.74) is 2.18. The number of hydrogen-bond donors (Lipinski definition) is 1. The van der Waals surface area contributed by atoms with Crippen molar-refractivity contribution in [1.29, 1.82) is 0 Å². The number of aromatic nitrogens is 3. The van der Waals surface area contributed by atoms with E-state index in [4.69, 9.17) is 23.8 Å². The van der Waals surface area contributed by atoms with Gasteiger partial charge in [-0.25, -0.2) is 4.98 Å². The molecular formula is C16H18ClN3S. The molecule has 4 saturated carbocycles. The Hall–Kier alpha value is -0.870. The Morgan fingerprint density at radius 1 is 1.19 bits per heavy atom. The maximum Gasteiger partial charge on any atom is 0.179 e. The number of fused-ring (bicyclic) bond motifs is 1. The molecule has 3 nitrogen and oxygen atoms in total. The zero-order chi connectivity index (χ0) is 14.2. The van der Waals surface area contributed by atoms with Crippen molar-refractivity contribution >= 4 is 35.0 Å². The molecule has 0 spiro atoms. The highest BCUT2D eigenvalue weighted by atomic mass is 35.5. The molecule has 0 aromatic carbocycles. The summed E-state index contributed by atoms with van der Waals surface area (Å²) >= 11 is 11.7. The molecule has 1 N–H and O–H groups in total. The number of halogens is 1. The zero-order valence-corrected chi connectivity index (χ0v) is 13.4. The minimum absolute atomic E-state index is 0.213. The van der Waals surface area contributed by atoms with Gasteiger partial charge in [0.25, 0.3) is 0 Å². The lowest BCUT2D eigenvalue weighted by Crippen LogP contribution is -2.51.